The van der Waals surface area contributed by atoms with Crippen LogP contribution < -0.4 is 4.90 Å². The van der Waals surface area contributed by atoms with Crippen molar-refractivity contribution < 1.29 is 9.84 Å². The van der Waals surface area contributed by atoms with Crippen molar-refractivity contribution in [1.82, 2.24) is 4.98 Å². The Labute approximate surface area is 113 Å². The van der Waals surface area contributed by atoms with E-state index in [0.717, 1.165) is 30.5 Å². The number of aliphatic hydroxyl groups is 1. The number of aromatic nitrogens is 1. The Hall–Kier alpha value is -0.840. The van der Waals surface area contributed by atoms with Gasteiger partial charge in [-0.3, -0.25) is 0 Å². The molecule has 0 unspecified atom stereocenters. The SMILES string of the molecule is CN(CCOCC1CC1)c1ncc(CO)cc1Cl. The summed E-state index contributed by atoms with van der Waals surface area (Å²) in [4.78, 5) is 6.22. The van der Waals surface area contributed by atoms with Gasteiger partial charge < -0.3 is 14.7 Å². The molecule has 0 spiro atoms. The van der Waals surface area contributed by atoms with Crippen LogP contribution in [0.1, 0.15) is 18.4 Å². The van der Waals surface area contributed by atoms with Gasteiger partial charge in [-0.2, -0.15) is 0 Å². The van der Waals surface area contributed by atoms with Crippen molar-refractivity contribution in [1.29, 1.82) is 0 Å². The van der Waals surface area contributed by atoms with Crippen LogP contribution in [-0.4, -0.2) is 36.9 Å². The van der Waals surface area contributed by atoms with Gasteiger partial charge in [0.2, 0.25) is 0 Å². The van der Waals surface area contributed by atoms with Gasteiger partial charge in [0, 0.05) is 26.4 Å². The summed E-state index contributed by atoms with van der Waals surface area (Å²) < 4.78 is 5.58. The summed E-state index contributed by atoms with van der Waals surface area (Å²) in [6, 6.07) is 1.74. The number of rotatable bonds is 7. The van der Waals surface area contributed by atoms with Gasteiger partial charge in [-0.1, -0.05) is 11.6 Å². The highest BCUT2D eigenvalue weighted by molar-refractivity contribution is 6.33. The largest absolute Gasteiger partial charge is 0.392 e. The molecular weight excluding hydrogens is 252 g/mol. The number of ether oxygens (including phenoxy) is 1. The van der Waals surface area contributed by atoms with E-state index in [1.807, 2.05) is 11.9 Å². The van der Waals surface area contributed by atoms with E-state index in [1.54, 1.807) is 12.3 Å². The minimum absolute atomic E-state index is 0.0405. The normalized spacial score (nSPS) is 14.8. The zero-order chi connectivity index (χ0) is 13.0. The fourth-order valence-electron chi connectivity index (χ4n) is 1.68. The predicted octanol–water partition coefficient (Wildman–Crippen LogP) is 2.09. The number of aliphatic hydroxyl groups excluding tert-OH is 1. The average molecular weight is 271 g/mol. The number of pyridine rings is 1. The topological polar surface area (TPSA) is 45.6 Å². The second-order valence-corrected chi connectivity index (χ2v) is 5.15. The molecule has 100 valence electrons. The maximum atomic E-state index is 8.99. The Balaban J connectivity index is 1.81. The summed E-state index contributed by atoms with van der Waals surface area (Å²) >= 11 is 6.12. The lowest BCUT2D eigenvalue weighted by Crippen LogP contribution is -2.24. The van der Waals surface area contributed by atoms with Gasteiger partial charge in [-0.15, -0.1) is 0 Å². The van der Waals surface area contributed by atoms with E-state index in [9.17, 15) is 0 Å². The number of likely N-dealkylation sites (N-methyl/N-ethyl adjacent to an activating group) is 1. The molecule has 4 nitrogen and oxygen atoms in total. The van der Waals surface area contributed by atoms with Crippen molar-refractivity contribution in [3.8, 4) is 0 Å². The summed E-state index contributed by atoms with van der Waals surface area (Å²) in [7, 11) is 1.94. The van der Waals surface area contributed by atoms with Gasteiger partial charge in [0.05, 0.1) is 18.2 Å². The molecular formula is C13H19ClN2O2. The van der Waals surface area contributed by atoms with E-state index >= 15 is 0 Å². The minimum Gasteiger partial charge on any atom is -0.392 e. The summed E-state index contributed by atoms with van der Waals surface area (Å²) in [6.45, 7) is 2.28. The van der Waals surface area contributed by atoms with Crippen molar-refractivity contribution in [3.05, 3.63) is 22.8 Å². The molecule has 0 atom stereocenters. The highest BCUT2D eigenvalue weighted by atomic mass is 35.5. The maximum absolute atomic E-state index is 8.99. The van der Waals surface area contributed by atoms with Crippen molar-refractivity contribution in [2.75, 3.05) is 31.7 Å². The Kier molecular flexibility index (Phi) is 4.80. The van der Waals surface area contributed by atoms with Gasteiger partial charge in [-0.05, 0) is 30.4 Å². The Bertz CT molecular complexity index is 397. The van der Waals surface area contributed by atoms with Gasteiger partial charge in [0.25, 0.3) is 0 Å². The molecule has 1 saturated carbocycles. The highest BCUT2D eigenvalue weighted by Crippen LogP contribution is 2.28. The first kappa shape index (κ1) is 13.6. The molecule has 1 aliphatic rings. The standard InChI is InChI=1S/C13H19ClN2O2/c1-16(4-5-18-9-10-2-3-10)13-12(14)6-11(8-17)7-15-13/h6-7,10,17H,2-5,8-9H2,1H3. The predicted molar refractivity (Wildman–Crippen MR) is 72.0 cm³/mol. The molecule has 0 bridgehead atoms. The third kappa shape index (κ3) is 3.83. The number of hydrogen-bond donors (Lipinski definition) is 1. The molecule has 1 aliphatic carbocycles. The number of halogens is 1. The first-order chi connectivity index (χ1) is 8.70. The highest BCUT2D eigenvalue weighted by Gasteiger charge is 2.21. The molecule has 0 radical (unpaired) electrons. The summed E-state index contributed by atoms with van der Waals surface area (Å²) in [5.41, 5.74) is 0.724. The molecule has 1 aromatic rings. The van der Waals surface area contributed by atoms with Crippen LogP contribution in [0.2, 0.25) is 5.02 Å². The van der Waals surface area contributed by atoms with Crippen molar-refractivity contribution in [2.45, 2.75) is 19.4 Å². The van der Waals surface area contributed by atoms with Crippen LogP contribution >= 0.6 is 11.6 Å². The molecule has 18 heavy (non-hydrogen) atoms. The van der Waals surface area contributed by atoms with Crippen molar-refractivity contribution in [2.24, 2.45) is 5.92 Å². The second-order valence-electron chi connectivity index (χ2n) is 4.75. The van der Waals surface area contributed by atoms with Crippen LogP contribution in [0.3, 0.4) is 0 Å². The lowest BCUT2D eigenvalue weighted by atomic mass is 10.3. The van der Waals surface area contributed by atoms with Gasteiger partial charge in [-0.25, -0.2) is 4.98 Å². The Morgan fingerprint density at radius 1 is 1.56 bits per heavy atom. The van der Waals surface area contributed by atoms with Crippen LogP contribution in [0.25, 0.3) is 0 Å². The van der Waals surface area contributed by atoms with E-state index in [2.05, 4.69) is 4.98 Å². The number of anilines is 1. The fourth-order valence-corrected chi connectivity index (χ4v) is 2.01. The summed E-state index contributed by atoms with van der Waals surface area (Å²) in [5.74, 6) is 1.52. The molecule has 0 saturated heterocycles. The average Bonchev–Trinajstić information content (AvgIpc) is 3.18. The summed E-state index contributed by atoms with van der Waals surface area (Å²) in [6.07, 6.45) is 4.26. The zero-order valence-electron chi connectivity index (χ0n) is 10.6. The Morgan fingerprint density at radius 2 is 2.33 bits per heavy atom. The van der Waals surface area contributed by atoms with E-state index in [0.29, 0.717) is 11.6 Å². The van der Waals surface area contributed by atoms with Crippen LogP contribution in [0.5, 0.6) is 0 Å². The maximum Gasteiger partial charge on any atom is 0.147 e. The molecule has 1 N–H and O–H groups in total. The van der Waals surface area contributed by atoms with Crippen LogP contribution in [0.4, 0.5) is 5.82 Å². The van der Waals surface area contributed by atoms with E-state index < -0.39 is 0 Å². The van der Waals surface area contributed by atoms with Crippen LogP contribution in [0, 0.1) is 5.92 Å². The first-order valence-electron chi connectivity index (χ1n) is 6.25. The quantitative estimate of drug-likeness (QED) is 0.771. The van der Waals surface area contributed by atoms with Gasteiger partial charge in [0.1, 0.15) is 5.82 Å². The molecule has 0 aliphatic heterocycles. The van der Waals surface area contributed by atoms with Crippen LogP contribution in [-0.2, 0) is 11.3 Å². The molecule has 2 rings (SSSR count). The lowest BCUT2D eigenvalue weighted by molar-refractivity contribution is 0.131. The van der Waals surface area contributed by atoms with E-state index in [-0.39, 0.29) is 6.61 Å². The number of nitrogens with zero attached hydrogens (tertiary/aromatic N) is 2. The third-order valence-corrected chi connectivity index (χ3v) is 3.32. The molecule has 0 amide bonds. The molecule has 1 aromatic heterocycles. The van der Waals surface area contributed by atoms with Crippen molar-refractivity contribution in [3.63, 3.8) is 0 Å². The third-order valence-electron chi connectivity index (χ3n) is 3.04. The zero-order valence-corrected chi connectivity index (χ0v) is 11.4. The monoisotopic (exact) mass is 270 g/mol. The van der Waals surface area contributed by atoms with Crippen LogP contribution in [0.15, 0.2) is 12.3 Å². The van der Waals surface area contributed by atoms with Gasteiger partial charge in [0.15, 0.2) is 0 Å². The Morgan fingerprint density at radius 3 is 2.94 bits per heavy atom. The summed E-state index contributed by atoms with van der Waals surface area (Å²) in [5, 5.41) is 9.55. The molecule has 1 heterocycles. The van der Waals surface area contributed by atoms with Gasteiger partial charge >= 0.3 is 0 Å². The van der Waals surface area contributed by atoms with Crippen molar-refractivity contribution >= 4 is 17.4 Å². The number of hydrogen-bond acceptors (Lipinski definition) is 4. The minimum atomic E-state index is -0.0405. The van der Waals surface area contributed by atoms with E-state index in [4.69, 9.17) is 21.4 Å². The second kappa shape index (κ2) is 6.36. The molecule has 5 heteroatoms. The lowest BCUT2D eigenvalue weighted by Gasteiger charge is -2.19. The smallest absolute Gasteiger partial charge is 0.147 e. The fraction of sp³-hybridized carbons (Fsp3) is 0.615. The molecule has 1 fully saturated rings. The van der Waals surface area contributed by atoms with E-state index in [1.165, 1.54) is 12.8 Å². The first-order valence-corrected chi connectivity index (χ1v) is 6.62. The molecule has 0 aromatic carbocycles.